The van der Waals surface area contributed by atoms with Gasteiger partial charge in [0.05, 0.1) is 5.69 Å². The van der Waals surface area contributed by atoms with Crippen molar-refractivity contribution in [1.82, 2.24) is 15.2 Å². The monoisotopic (exact) mass is 247 g/mol. The molecule has 0 aliphatic carbocycles. The Balaban J connectivity index is 2.08. The lowest BCUT2D eigenvalue weighted by Crippen LogP contribution is -2.49. The molecule has 2 atom stereocenters. The maximum Gasteiger partial charge on any atom is 0.0573 e. The van der Waals surface area contributed by atoms with Gasteiger partial charge in [-0.1, -0.05) is 12.5 Å². The number of nitrogens with one attached hydrogen (secondary N) is 1. The molecule has 1 N–H and O–H groups in total. The van der Waals surface area contributed by atoms with E-state index in [-0.39, 0.29) is 0 Å². The lowest BCUT2D eigenvalue weighted by atomic mass is 9.96. The number of piperidine rings is 1. The van der Waals surface area contributed by atoms with Crippen molar-refractivity contribution >= 4 is 0 Å². The Kier molecular flexibility index (Phi) is 4.72. The Morgan fingerprint density at radius 1 is 1.50 bits per heavy atom. The van der Waals surface area contributed by atoms with Gasteiger partial charge in [-0.2, -0.15) is 0 Å². The van der Waals surface area contributed by atoms with Crippen LogP contribution in [-0.2, 0) is 6.54 Å². The van der Waals surface area contributed by atoms with Crippen LogP contribution >= 0.6 is 0 Å². The van der Waals surface area contributed by atoms with Gasteiger partial charge < -0.3 is 5.32 Å². The first-order valence-electron chi connectivity index (χ1n) is 7.04. The van der Waals surface area contributed by atoms with Crippen LogP contribution in [0.4, 0.5) is 0 Å². The molecular formula is C15H25N3. The highest BCUT2D eigenvalue weighted by Gasteiger charge is 2.26. The van der Waals surface area contributed by atoms with Crippen molar-refractivity contribution in [3.05, 3.63) is 29.6 Å². The number of nitrogens with zero attached hydrogens (tertiary/aromatic N) is 2. The van der Waals surface area contributed by atoms with E-state index in [0.717, 1.165) is 6.54 Å². The number of pyridine rings is 1. The van der Waals surface area contributed by atoms with Crippen LogP contribution in [0.3, 0.4) is 0 Å². The summed E-state index contributed by atoms with van der Waals surface area (Å²) < 4.78 is 0. The molecule has 3 heteroatoms. The highest BCUT2D eigenvalue weighted by molar-refractivity contribution is 5.17. The molecule has 1 fully saturated rings. The standard InChI is InChI=1S/C15H25N3/c1-12-7-6-9-17-14(12)11-18-10-5-4-8-15(18)13(2)16-3/h6-7,9,13,15-16H,4-5,8,10-11H2,1-3H3. The summed E-state index contributed by atoms with van der Waals surface area (Å²) in [7, 11) is 2.06. The van der Waals surface area contributed by atoms with Crippen LogP contribution < -0.4 is 5.32 Å². The molecule has 0 amide bonds. The zero-order valence-corrected chi connectivity index (χ0v) is 11.8. The third-order valence-corrected chi connectivity index (χ3v) is 4.17. The van der Waals surface area contributed by atoms with Gasteiger partial charge in [0.25, 0.3) is 0 Å². The van der Waals surface area contributed by atoms with Crippen molar-refractivity contribution in [3.8, 4) is 0 Å². The molecule has 1 saturated heterocycles. The summed E-state index contributed by atoms with van der Waals surface area (Å²) in [5.41, 5.74) is 2.53. The van der Waals surface area contributed by atoms with Crippen LogP contribution in [-0.4, -0.2) is 35.6 Å². The number of aromatic nitrogens is 1. The fourth-order valence-electron chi connectivity index (χ4n) is 2.85. The molecule has 18 heavy (non-hydrogen) atoms. The topological polar surface area (TPSA) is 28.2 Å². The summed E-state index contributed by atoms with van der Waals surface area (Å²) >= 11 is 0. The molecule has 0 spiro atoms. The number of rotatable bonds is 4. The van der Waals surface area contributed by atoms with Crippen molar-refractivity contribution in [2.45, 2.75) is 51.7 Å². The highest BCUT2D eigenvalue weighted by Crippen LogP contribution is 2.22. The van der Waals surface area contributed by atoms with Crippen molar-refractivity contribution in [2.24, 2.45) is 0 Å². The molecule has 0 bridgehead atoms. The Labute approximate surface area is 111 Å². The summed E-state index contributed by atoms with van der Waals surface area (Å²) in [6.45, 7) is 6.63. The molecule has 1 aliphatic rings. The molecule has 1 aromatic rings. The number of likely N-dealkylation sites (tertiary alicyclic amines) is 1. The van der Waals surface area contributed by atoms with E-state index in [1.165, 1.54) is 37.1 Å². The van der Waals surface area contributed by atoms with E-state index in [0.29, 0.717) is 12.1 Å². The quantitative estimate of drug-likeness (QED) is 0.885. The van der Waals surface area contributed by atoms with E-state index >= 15 is 0 Å². The van der Waals surface area contributed by atoms with Crippen LogP contribution in [0, 0.1) is 6.92 Å². The number of aryl methyl sites for hydroxylation is 1. The van der Waals surface area contributed by atoms with Gasteiger partial charge in [0, 0.05) is 24.8 Å². The molecule has 2 rings (SSSR count). The van der Waals surface area contributed by atoms with E-state index in [9.17, 15) is 0 Å². The van der Waals surface area contributed by atoms with Gasteiger partial charge in [0.1, 0.15) is 0 Å². The largest absolute Gasteiger partial charge is 0.316 e. The highest BCUT2D eigenvalue weighted by atomic mass is 15.2. The van der Waals surface area contributed by atoms with Gasteiger partial charge in [-0.15, -0.1) is 0 Å². The van der Waals surface area contributed by atoms with Gasteiger partial charge in [-0.3, -0.25) is 9.88 Å². The van der Waals surface area contributed by atoms with E-state index in [4.69, 9.17) is 0 Å². The normalized spacial score (nSPS) is 22.9. The second kappa shape index (κ2) is 6.30. The maximum atomic E-state index is 4.53. The van der Waals surface area contributed by atoms with Crippen LogP contribution in [0.25, 0.3) is 0 Å². The SMILES string of the molecule is CNC(C)C1CCCCN1Cc1ncccc1C. The Morgan fingerprint density at radius 3 is 3.06 bits per heavy atom. The summed E-state index contributed by atoms with van der Waals surface area (Å²) in [6, 6.07) is 5.37. The van der Waals surface area contributed by atoms with Crippen LogP contribution in [0.1, 0.15) is 37.4 Å². The molecule has 0 aromatic carbocycles. The zero-order valence-electron chi connectivity index (χ0n) is 11.8. The molecule has 3 nitrogen and oxygen atoms in total. The van der Waals surface area contributed by atoms with Crippen molar-refractivity contribution in [2.75, 3.05) is 13.6 Å². The van der Waals surface area contributed by atoms with Gasteiger partial charge in [-0.05, 0) is 51.9 Å². The third kappa shape index (κ3) is 3.09. The summed E-state index contributed by atoms with van der Waals surface area (Å²) in [4.78, 5) is 7.13. The smallest absolute Gasteiger partial charge is 0.0573 e. The first-order valence-corrected chi connectivity index (χ1v) is 7.04. The number of likely N-dealkylation sites (N-methyl/N-ethyl adjacent to an activating group) is 1. The molecule has 100 valence electrons. The fraction of sp³-hybridized carbons (Fsp3) is 0.667. The second-order valence-electron chi connectivity index (χ2n) is 5.38. The van der Waals surface area contributed by atoms with Crippen molar-refractivity contribution in [3.63, 3.8) is 0 Å². The molecule has 1 aromatic heterocycles. The molecule has 0 saturated carbocycles. The van der Waals surface area contributed by atoms with Crippen LogP contribution in [0.5, 0.6) is 0 Å². The Bertz CT molecular complexity index is 378. The average Bonchev–Trinajstić information content (AvgIpc) is 2.41. The van der Waals surface area contributed by atoms with Crippen molar-refractivity contribution < 1.29 is 0 Å². The lowest BCUT2D eigenvalue weighted by Gasteiger charge is -2.39. The molecule has 2 heterocycles. The van der Waals surface area contributed by atoms with E-state index < -0.39 is 0 Å². The summed E-state index contributed by atoms with van der Waals surface area (Å²) in [5.74, 6) is 0. The first-order chi connectivity index (χ1) is 8.72. The number of hydrogen-bond acceptors (Lipinski definition) is 3. The minimum Gasteiger partial charge on any atom is -0.316 e. The first kappa shape index (κ1) is 13.5. The predicted octanol–water partition coefficient (Wildman–Crippen LogP) is 2.35. The Morgan fingerprint density at radius 2 is 2.33 bits per heavy atom. The minimum atomic E-state index is 0.550. The minimum absolute atomic E-state index is 0.550. The predicted molar refractivity (Wildman–Crippen MR) is 75.5 cm³/mol. The third-order valence-electron chi connectivity index (χ3n) is 4.17. The maximum absolute atomic E-state index is 4.53. The fourth-order valence-corrected chi connectivity index (χ4v) is 2.85. The average molecular weight is 247 g/mol. The van der Waals surface area contributed by atoms with Gasteiger partial charge in [0.2, 0.25) is 0 Å². The van der Waals surface area contributed by atoms with Gasteiger partial charge in [0.15, 0.2) is 0 Å². The Hall–Kier alpha value is -0.930. The molecular weight excluding hydrogens is 222 g/mol. The zero-order chi connectivity index (χ0) is 13.0. The molecule has 2 unspecified atom stereocenters. The van der Waals surface area contributed by atoms with E-state index in [1.54, 1.807) is 0 Å². The lowest BCUT2D eigenvalue weighted by molar-refractivity contribution is 0.112. The molecule has 0 radical (unpaired) electrons. The van der Waals surface area contributed by atoms with Crippen LogP contribution in [0.15, 0.2) is 18.3 Å². The molecule has 1 aliphatic heterocycles. The summed E-state index contributed by atoms with van der Waals surface area (Å²) in [5, 5.41) is 3.40. The van der Waals surface area contributed by atoms with Crippen LogP contribution in [0.2, 0.25) is 0 Å². The van der Waals surface area contributed by atoms with Gasteiger partial charge >= 0.3 is 0 Å². The van der Waals surface area contributed by atoms with E-state index in [2.05, 4.69) is 42.2 Å². The van der Waals surface area contributed by atoms with E-state index in [1.807, 2.05) is 12.3 Å². The van der Waals surface area contributed by atoms with Crippen molar-refractivity contribution in [1.29, 1.82) is 0 Å². The van der Waals surface area contributed by atoms with Gasteiger partial charge in [-0.25, -0.2) is 0 Å². The number of hydrogen-bond donors (Lipinski definition) is 1. The second-order valence-corrected chi connectivity index (χ2v) is 5.38. The summed E-state index contributed by atoms with van der Waals surface area (Å²) in [6.07, 6.45) is 5.88.